The first-order valence-corrected chi connectivity index (χ1v) is 4.83. The van der Waals surface area contributed by atoms with Crippen molar-refractivity contribution in [2.45, 2.75) is 39.7 Å². The van der Waals surface area contributed by atoms with Gasteiger partial charge in [0.05, 0.1) is 0 Å². The number of hydrogen-bond donors (Lipinski definition) is 1. The second-order valence-corrected chi connectivity index (χ2v) is 5.12. The SMILES string of the molecule is CC1CN[C@@H]2C[C@H]1C(C)(C)C2. The summed E-state index contributed by atoms with van der Waals surface area (Å²) in [6, 6.07) is 0.839. The van der Waals surface area contributed by atoms with E-state index in [1.54, 1.807) is 0 Å². The molecular weight excluding hydrogens is 134 g/mol. The highest BCUT2D eigenvalue weighted by Gasteiger charge is 2.45. The van der Waals surface area contributed by atoms with Gasteiger partial charge in [-0.2, -0.15) is 0 Å². The largest absolute Gasteiger partial charge is 0.314 e. The molecule has 3 atom stereocenters. The van der Waals surface area contributed by atoms with Gasteiger partial charge in [0.2, 0.25) is 0 Å². The molecule has 1 aliphatic carbocycles. The molecule has 1 saturated carbocycles. The van der Waals surface area contributed by atoms with Gasteiger partial charge in [0.1, 0.15) is 0 Å². The topological polar surface area (TPSA) is 12.0 Å². The highest BCUT2D eigenvalue weighted by atomic mass is 15.0. The van der Waals surface area contributed by atoms with Crippen LogP contribution in [0, 0.1) is 17.3 Å². The van der Waals surface area contributed by atoms with E-state index in [1.807, 2.05) is 0 Å². The van der Waals surface area contributed by atoms with Crippen molar-refractivity contribution in [3.63, 3.8) is 0 Å². The molecular formula is C10H19N. The molecule has 1 unspecified atom stereocenters. The molecule has 1 nitrogen and oxygen atoms in total. The molecule has 1 heteroatoms. The van der Waals surface area contributed by atoms with Crippen molar-refractivity contribution in [2.24, 2.45) is 17.3 Å². The lowest BCUT2D eigenvalue weighted by molar-refractivity contribution is 0.182. The van der Waals surface area contributed by atoms with Gasteiger partial charge in [-0.25, -0.2) is 0 Å². The fourth-order valence-electron chi connectivity index (χ4n) is 3.15. The van der Waals surface area contributed by atoms with Gasteiger partial charge in [-0.05, 0) is 36.6 Å². The third-order valence-electron chi connectivity index (χ3n) is 3.73. The molecule has 11 heavy (non-hydrogen) atoms. The average molecular weight is 153 g/mol. The lowest BCUT2D eigenvalue weighted by Gasteiger charge is -2.32. The molecule has 0 radical (unpaired) electrons. The maximum absolute atomic E-state index is 3.62. The molecule has 2 fully saturated rings. The first kappa shape index (κ1) is 7.60. The number of rotatable bonds is 0. The first-order valence-electron chi connectivity index (χ1n) is 4.83. The van der Waals surface area contributed by atoms with Crippen LogP contribution >= 0.6 is 0 Å². The molecule has 1 saturated heterocycles. The lowest BCUT2D eigenvalue weighted by atomic mass is 9.75. The van der Waals surface area contributed by atoms with Crippen LogP contribution in [-0.4, -0.2) is 12.6 Å². The summed E-state index contributed by atoms with van der Waals surface area (Å²) >= 11 is 0. The van der Waals surface area contributed by atoms with Gasteiger partial charge in [0.25, 0.3) is 0 Å². The van der Waals surface area contributed by atoms with Crippen LogP contribution in [0.1, 0.15) is 33.6 Å². The minimum Gasteiger partial charge on any atom is -0.314 e. The molecule has 0 spiro atoms. The third-order valence-corrected chi connectivity index (χ3v) is 3.73. The third kappa shape index (κ3) is 1.10. The van der Waals surface area contributed by atoms with Gasteiger partial charge in [-0.3, -0.25) is 0 Å². The van der Waals surface area contributed by atoms with Crippen molar-refractivity contribution in [3.05, 3.63) is 0 Å². The van der Waals surface area contributed by atoms with Crippen LogP contribution < -0.4 is 5.32 Å². The van der Waals surface area contributed by atoms with Crippen molar-refractivity contribution in [3.8, 4) is 0 Å². The Kier molecular flexibility index (Phi) is 1.54. The Bertz CT molecular complexity index is 162. The zero-order valence-corrected chi connectivity index (χ0v) is 7.85. The van der Waals surface area contributed by atoms with E-state index in [0.717, 1.165) is 17.9 Å². The Labute approximate surface area is 69.6 Å². The van der Waals surface area contributed by atoms with Crippen molar-refractivity contribution in [2.75, 3.05) is 6.54 Å². The zero-order chi connectivity index (χ0) is 8.06. The standard InChI is InChI=1S/C10H19N/c1-7-6-11-8-4-9(7)10(2,3)5-8/h7-9,11H,4-6H2,1-3H3/t7?,8-,9-/m1/s1. The second-order valence-electron chi connectivity index (χ2n) is 5.12. The molecule has 1 N–H and O–H groups in total. The van der Waals surface area contributed by atoms with Crippen LogP contribution in [-0.2, 0) is 0 Å². The molecule has 2 bridgehead atoms. The number of piperidine rings is 1. The van der Waals surface area contributed by atoms with E-state index in [1.165, 1.54) is 19.4 Å². The smallest absolute Gasteiger partial charge is 0.00753 e. The Hall–Kier alpha value is -0.0400. The summed E-state index contributed by atoms with van der Waals surface area (Å²) in [6.07, 6.45) is 2.82. The summed E-state index contributed by atoms with van der Waals surface area (Å²) in [5.74, 6) is 1.87. The summed E-state index contributed by atoms with van der Waals surface area (Å²) in [6.45, 7) is 8.50. The maximum Gasteiger partial charge on any atom is 0.00753 e. The second kappa shape index (κ2) is 2.22. The first-order chi connectivity index (χ1) is 5.09. The molecule has 2 rings (SSSR count). The van der Waals surface area contributed by atoms with Crippen molar-refractivity contribution in [1.82, 2.24) is 5.32 Å². The minimum absolute atomic E-state index is 0.605. The number of fused-ring (bicyclic) bond motifs is 2. The van der Waals surface area contributed by atoms with Crippen LogP contribution in [0.2, 0.25) is 0 Å². The Morgan fingerprint density at radius 3 is 2.73 bits per heavy atom. The van der Waals surface area contributed by atoms with Crippen LogP contribution in [0.4, 0.5) is 0 Å². The van der Waals surface area contributed by atoms with Crippen LogP contribution in [0.25, 0.3) is 0 Å². The molecule has 2 aliphatic rings. The van der Waals surface area contributed by atoms with Crippen LogP contribution in [0.5, 0.6) is 0 Å². The predicted molar refractivity (Wildman–Crippen MR) is 47.5 cm³/mol. The Morgan fingerprint density at radius 1 is 1.36 bits per heavy atom. The zero-order valence-electron chi connectivity index (χ0n) is 7.85. The summed E-state index contributed by atoms with van der Waals surface area (Å²) < 4.78 is 0. The summed E-state index contributed by atoms with van der Waals surface area (Å²) in [7, 11) is 0. The maximum atomic E-state index is 3.62. The van der Waals surface area contributed by atoms with Gasteiger partial charge >= 0.3 is 0 Å². The molecule has 0 aromatic rings. The summed E-state index contributed by atoms with van der Waals surface area (Å²) in [4.78, 5) is 0. The fraction of sp³-hybridized carbons (Fsp3) is 1.00. The quantitative estimate of drug-likeness (QED) is 0.561. The summed E-state index contributed by atoms with van der Waals surface area (Å²) in [5, 5.41) is 3.62. The molecule has 1 heterocycles. The lowest BCUT2D eigenvalue weighted by Crippen LogP contribution is -2.37. The van der Waals surface area contributed by atoms with E-state index < -0.39 is 0 Å². The minimum atomic E-state index is 0.605. The van der Waals surface area contributed by atoms with Crippen molar-refractivity contribution < 1.29 is 0 Å². The van der Waals surface area contributed by atoms with Gasteiger partial charge in [0, 0.05) is 6.04 Å². The monoisotopic (exact) mass is 153 g/mol. The van der Waals surface area contributed by atoms with E-state index in [0.29, 0.717) is 5.41 Å². The molecule has 0 aromatic carbocycles. The molecule has 64 valence electrons. The summed E-state index contributed by atoms with van der Waals surface area (Å²) in [5.41, 5.74) is 0.605. The predicted octanol–water partition coefficient (Wildman–Crippen LogP) is 2.03. The number of nitrogens with one attached hydrogen (secondary N) is 1. The number of hydrogen-bond acceptors (Lipinski definition) is 1. The molecule has 0 amide bonds. The Balaban J connectivity index is 2.19. The Morgan fingerprint density at radius 2 is 2.09 bits per heavy atom. The molecule has 0 aromatic heterocycles. The molecule has 1 aliphatic heterocycles. The van der Waals surface area contributed by atoms with Crippen LogP contribution in [0.3, 0.4) is 0 Å². The van der Waals surface area contributed by atoms with Gasteiger partial charge in [-0.1, -0.05) is 20.8 Å². The fourth-order valence-corrected chi connectivity index (χ4v) is 3.15. The van der Waals surface area contributed by atoms with E-state index in [9.17, 15) is 0 Å². The van der Waals surface area contributed by atoms with Gasteiger partial charge in [-0.15, -0.1) is 0 Å². The average Bonchev–Trinajstić information content (AvgIpc) is 2.15. The van der Waals surface area contributed by atoms with Gasteiger partial charge in [0.15, 0.2) is 0 Å². The van der Waals surface area contributed by atoms with E-state index >= 15 is 0 Å². The van der Waals surface area contributed by atoms with Gasteiger partial charge < -0.3 is 5.32 Å². The van der Waals surface area contributed by atoms with Crippen LogP contribution in [0.15, 0.2) is 0 Å². The van der Waals surface area contributed by atoms with Crippen molar-refractivity contribution >= 4 is 0 Å². The van der Waals surface area contributed by atoms with Crippen molar-refractivity contribution in [1.29, 1.82) is 0 Å². The van der Waals surface area contributed by atoms with E-state index in [2.05, 4.69) is 26.1 Å². The highest BCUT2D eigenvalue weighted by molar-refractivity contribution is 4.99. The van der Waals surface area contributed by atoms with E-state index in [4.69, 9.17) is 0 Å². The van der Waals surface area contributed by atoms with E-state index in [-0.39, 0.29) is 0 Å². The normalized spacial score (nSPS) is 47.7. The highest BCUT2D eigenvalue weighted by Crippen LogP contribution is 2.48.